The van der Waals surface area contributed by atoms with E-state index in [0.29, 0.717) is 6.54 Å². The van der Waals surface area contributed by atoms with Crippen LogP contribution in [0.4, 0.5) is 5.69 Å². The minimum Gasteiger partial charge on any atom is -0.379 e. The van der Waals surface area contributed by atoms with E-state index in [9.17, 15) is 0 Å². The maximum atomic E-state index is 5.80. The van der Waals surface area contributed by atoms with Crippen molar-refractivity contribution < 1.29 is 0 Å². The summed E-state index contributed by atoms with van der Waals surface area (Å²) in [5.41, 5.74) is 2.02. The average Bonchev–Trinajstić information content (AvgIpc) is 2.28. The third kappa shape index (κ3) is 3.22. The molecule has 0 bridgehead atoms. The van der Waals surface area contributed by atoms with Gasteiger partial charge in [0.1, 0.15) is 4.60 Å². The van der Waals surface area contributed by atoms with E-state index < -0.39 is 0 Å². The SMILES string of the molecule is Clc1ccc(NCc2cccc(Br)n2)cc1. The molecule has 0 amide bonds. The summed E-state index contributed by atoms with van der Waals surface area (Å²) in [6.45, 7) is 0.696. The Kier molecular flexibility index (Phi) is 3.80. The van der Waals surface area contributed by atoms with Crippen LogP contribution in [-0.2, 0) is 6.54 Å². The standard InChI is InChI=1S/C12H10BrClN2/c13-12-3-1-2-11(16-12)8-15-10-6-4-9(14)5-7-10/h1-7,15H,8H2. The second-order valence-corrected chi connectivity index (χ2v) is 4.56. The number of rotatable bonds is 3. The fraction of sp³-hybridized carbons (Fsp3) is 0.0833. The summed E-state index contributed by atoms with van der Waals surface area (Å²) in [7, 11) is 0. The summed E-state index contributed by atoms with van der Waals surface area (Å²) in [6.07, 6.45) is 0. The van der Waals surface area contributed by atoms with Crippen LogP contribution >= 0.6 is 27.5 Å². The first kappa shape index (κ1) is 11.4. The van der Waals surface area contributed by atoms with Gasteiger partial charge in [-0.25, -0.2) is 4.98 Å². The molecule has 4 heteroatoms. The second-order valence-electron chi connectivity index (χ2n) is 3.31. The van der Waals surface area contributed by atoms with Crippen molar-refractivity contribution in [2.24, 2.45) is 0 Å². The molecule has 1 heterocycles. The average molecular weight is 298 g/mol. The van der Waals surface area contributed by atoms with Crippen molar-refractivity contribution in [3.8, 4) is 0 Å². The number of nitrogens with one attached hydrogen (secondary N) is 1. The lowest BCUT2D eigenvalue weighted by Gasteiger charge is -2.06. The van der Waals surface area contributed by atoms with E-state index in [4.69, 9.17) is 11.6 Å². The molecule has 2 rings (SSSR count). The van der Waals surface area contributed by atoms with E-state index in [2.05, 4.69) is 26.2 Å². The Morgan fingerprint density at radius 1 is 1.12 bits per heavy atom. The van der Waals surface area contributed by atoms with Crippen LogP contribution in [-0.4, -0.2) is 4.98 Å². The highest BCUT2D eigenvalue weighted by Gasteiger charge is 1.96. The van der Waals surface area contributed by atoms with E-state index in [1.54, 1.807) is 0 Å². The molecular weight excluding hydrogens is 288 g/mol. The summed E-state index contributed by atoms with van der Waals surface area (Å²) in [4.78, 5) is 4.33. The maximum absolute atomic E-state index is 5.80. The molecule has 0 aliphatic carbocycles. The zero-order chi connectivity index (χ0) is 11.4. The highest BCUT2D eigenvalue weighted by Crippen LogP contribution is 2.14. The number of hydrogen-bond donors (Lipinski definition) is 1. The van der Waals surface area contributed by atoms with Gasteiger partial charge in [0.15, 0.2) is 0 Å². The van der Waals surface area contributed by atoms with E-state index in [1.807, 2.05) is 42.5 Å². The van der Waals surface area contributed by atoms with Gasteiger partial charge >= 0.3 is 0 Å². The molecule has 2 nitrogen and oxygen atoms in total. The topological polar surface area (TPSA) is 24.9 Å². The molecule has 1 aromatic heterocycles. The van der Waals surface area contributed by atoms with Gasteiger partial charge in [0.05, 0.1) is 12.2 Å². The van der Waals surface area contributed by atoms with Gasteiger partial charge in [-0.3, -0.25) is 0 Å². The first-order chi connectivity index (χ1) is 7.74. The normalized spacial score (nSPS) is 10.1. The Labute approximate surface area is 108 Å². The molecule has 0 atom stereocenters. The van der Waals surface area contributed by atoms with Crippen molar-refractivity contribution in [1.29, 1.82) is 0 Å². The number of pyridine rings is 1. The van der Waals surface area contributed by atoms with Crippen molar-refractivity contribution in [2.45, 2.75) is 6.54 Å². The van der Waals surface area contributed by atoms with Crippen molar-refractivity contribution in [1.82, 2.24) is 4.98 Å². The highest BCUT2D eigenvalue weighted by atomic mass is 79.9. The number of benzene rings is 1. The van der Waals surface area contributed by atoms with Gasteiger partial charge in [0.25, 0.3) is 0 Å². The molecule has 16 heavy (non-hydrogen) atoms. The van der Waals surface area contributed by atoms with Crippen LogP contribution in [0.3, 0.4) is 0 Å². The zero-order valence-corrected chi connectivity index (χ0v) is 10.8. The van der Waals surface area contributed by atoms with Gasteiger partial charge in [0.2, 0.25) is 0 Å². The Morgan fingerprint density at radius 3 is 2.56 bits per heavy atom. The minimum atomic E-state index is 0.696. The van der Waals surface area contributed by atoms with Crippen LogP contribution in [0.15, 0.2) is 47.1 Å². The Balaban J connectivity index is 1.99. The monoisotopic (exact) mass is 296 g/mol. The molecule has 0 spiro atoms. The predicted octanol–water partition coefficient (Wildman–Crippen LogP) is 4.11. The second kappa shape index (κ2) is 5.32. The van der Waals surface area contributed by atoms with Gasteiger partial charge in [-0.1, -0.05) is 17.7 Å². The van der Waals surface area contributed by atoms with Crippen molar-refractivity contribution in [2.75, 3.05) is 5.32 Å². The number of hydrogen-bond acceptors (Lipinski definition) is 2. The number of anilines is 1. The third-order valence-electron chi connectivity index (χ3n) is 2.09. The highest BCUT2D eigenvalue weighted by molar-refractivity contribution is 9.10. The lowest BCUT2D eigenvalue weighted by atomic mass is 10.3. The molecule has 0 saturated heterocycles. The lowest BCUT2D eigenvalue weighted by molar-refractivity contribution is 1.03. The molecule has 0 aliphatic heterocycles. The summed E-state index contributed by atoms with van der Waals surface area (Å²) in [6, 6.07) is 13.5. The summed E-state index contributed by atoms with van der Waals surface area (Å²) in [5.74, 6) is 0. The Bertz CT molecular complexity index is 471. The van der Waals surface area contributed by atoms with Gasteiger partial charge in [-0.05, 0) is 52.3 Å². The van der Waals surface area contributed by atoms with Gasteiger partial charge < -0.3 is 5.32 Å². The maximum Gasteiger partial charge on any atom is 0.106 e. The summed E-state index contributed by atoms with van der Waals surface area (Å²) >= 11 is 9.14. The van der Waals surface area contributed by atoms with E-state index in [0.717, 1.165) is 21.0 Å². The smallest absolute Gasteiger partial charge is 0.106 e. The van der Waals surface area contributed by atoms with Gasteiger partial charge in [0, 0.05) is 10.7 Å². The molecular formula is C12H10BrClN2. The molecule has 1 aromatic carbocycles. The van der Waals surface area contributed by atoms with Crippen LogP contribution in [0, 0.1) is 0 Å². The Hall–Kier alpha value is -1.06. The van der Waals surface area contributed by atoms with E-state index in [1.165, 1.54) is 0 Å². The lowest BCUT2D eigenvalue weighted by Crippen LogP contribution is -2.01. The molecule has 0 radical (unpaired) electrons. The van der Waals surface area contributed by atoms with Crippen molar-refractivity contribution in [3.63, 3.8) is 0 Å². The first-order valence-electron chi connectivity index (χ1n) is 4.85. The van der Waals surface area contributed by atoms with Crippen LogP contribution in [0.1, 0.15) is 5.69 Å². The fourth-order valence-electron chi connectivity index (χ4n) is 1.31. The molecule has 0 aliphatic rings. The van der Waals surface area contributed by atoms with E-state index in [-0.39, 0.29) is 0 Å². The van der Waals surface area contributed by atoms with Crippen LogP contribution in [0.25, 0.3) is 0 Å². The van der Waals surface area contributed by atoms with Crippen molar-refractivity contribution in [3.05, 3.63) is 57.8 Å². The number of aromatic nitrogens is 1. The zero-order valence-electron chi connectivity index (χ0n) is 8.45. The third-order valence-corrected chi connectivity index (χ3v) is 2.78. The summed E-state index contributed by atoms with van der Waals surface area (Å²) < 4.78 is 0.850. The molecule has 82 valence electrons. The Morgan fingerprint density at radius 2 is 1.88 bits per heavy atom. The molecule has 1 N–H and O–H groups in total. The van der Waals surface area contributed by atoms with Gasteiger partial charge in [-0.2, -0.15) is 0 Å². The van der Waals surface area contributed by atoms with Crippen molar-refractivity contribution >= 4 is 33.2 Å². The first-order valence-corrected chi connectivity index (χ1v) is 6.02. The van der Waals surface area contributed by atoms with E-state index >= 15 is 0 Å². The largest absolute Gasteiger partial charge is 0.379 e. The number of nitrogens with zero attached hydrogens (tertiary/aromatic N) is 1. The summed E-state index contributed by atoms with van der Waals surface area (Å²) in [5, 5.41) is 4.02. The minimum absolute atomic E-state index is 0.696. The fourth-order valence-corrected chi connectivity index (χ4v) is 1.82. The predicted molar refractivity (Wildman–Crippen MR) is 70.7 cm³/mol. The molecule has 0 fully saturated rings. The molecule has 0 saturated carbocycles. The van der Waals surface area contributed by atoms with Crippen LogP contribution in [0.2, 0.25) is 5.02 Å². The van der Waals surface area contributed by atoms with Gasteiger partial charge in [-0.15, -0.1) is 0 Å². The molecule has 0 unspecified atom stereocenters. The van der Waals surface area contributed by atoms with Crippen LogP contribution < -0.4 is 5.32 Å². The molecule has 2 aromatic rings. The van der Waals surface area contributed by atoms with Crippen LogP contribution in [0.5, 0.6) is 0 Å². The number of halogens is 2. The quantitative estimate of drug-likeness (QED) is 0.862.